The highest BCUT2D eigenvalue weighted by Crippen LogP contribution is 2.28. The molecule has 1 N–H and O–H groups in total. The molecule has 2 rings (SSSR count). The van der Waals surface area contributed by atoms with E-state index in [-0.39, 0.29) is 5.54 Å². The van der Waals surface area contributed by atoms with Gasteiger partial charge in [-0.25, -0.2) is 0 Å². The van der Waals surface area contributed by atoms with Gasteiger partial charge in [0.15, 0.2) is 0 Å². The fourth-order valence-electron chi connectivity index (χ4n) is 3.12. The topological polar surface area (TPSA) is 33.1 Å². The normalized spacial score (nSPS) is 22.1. The van der Waals surface area contributed by atoms with Crippen molar-refractivity contribution in [1.29, 1.82) is 0 Å². The Morgan fingerprint density at radius 1 is 1.30 bits per heavy atom. The van der Waals surface area contributed by atoms with Gasteiger partial charge in [0.05, 0.1) is 6.20 Å². The van der Waals surface area contributed by atoms with Gasteiger partial charge in [0.1, 0.15) is 0 Å². The second-order valence-electron chi connectivity index (χ2n) is 6.85. The standard InChI is InChI=1S/C16H30N4/c1-6-16(7-2)13-20(15(3,4)12-17-16)9-8-14-10-18-19(5)11-14/h10-11,17H,6-9,12-13H2,1-5H3. The summed E-state index contributed by atoms with van der Waals surface area (Å²) < 4.78 is 1.89. The lowest BCUT2D eigenvalue weighted by Crippen LogP contribution is -2.68. The number of aryl methyl sites for hydroxylation is 1. The van der Waals surface area contributed by atoms with Crippen LogP contribution in [0.15, 0.2) is 12.4 Å². The quantitative estimate of drug-likeness (QED) is 0.896. The first-order valence-electron chi connectivity index (χ1n) is 7.88. The molecule has 0 atom stereocenters. The Morgan fingerprint density at radius 2 is 2.00 bits per heavy atom. The smallest absolute Gasteiger partial charge is 0.0522 e. The zero-order valence-electron chi connectivity index (χ0n) is 13.7. The van der Waals surface area contributed by atoms with E-state index in [0.29, 0.717) is 5.54 Å². The first kappa shape index (κ1) is 15.5. The molecule has 0 aromatic carbocycles. The van der Waals surface area contributed by atoms with Crippen molar-refractivity contribution in [3.05, 3.63) is 18.0 Å². The van der Waals surface area contributed by atoms with Crippen molar-refractivity contribution in [1.82, 2.24) is 20.0 Å². The Balaban J connectivity index is 2.02. The Kier molecular flexibility index (Phi) is 4.55. The summed E-state index contributed by atoms with van der Waals surface area (Å²) in [5.41, 5.74) is 1.86. The van der Waals surface area contributed by atoms with Crippen LogP contribution in [0.25, 0.3) is 0 Å². The molecule has 0 unspecified atom stereocenters. The molecule has 0 amide bonds. The third-order valence-corrected chi connectivity index (χ3v) is 5.03. The summed E-state index contributed by atoms with van der Waals surface area (Å²) in [7, 11) is 1.98. The molecule has 0 saturated carbocycles. The van der Waals surface area contributed by atoms with E-state index in [1.807, 2.05) is 17.9 Å². The number of hydrogen-bond acceptors (Lipinski definition) is 3. The predicted octanol–water partition coefficient (Wildman–Crippen LogP) is 2.21. The number of nitrogens with zero attached hydrogens (tertiary/aromatic N) is 3. The van der Waals surface area contributed by atoms with Gasteiger partial charge in [-0.05, 0) is 38.7 Å². The maximum atomic E-state index is 4.26. The lowest BCUT2D eigenvalue weighted by Gasteiger charge is -2.52. The Hall–Kier alpha value is -0.870. The number of nitrogens with one attached hydrogen (secondary N) is 1. The number of aromatic nitrogens is 2. The first-order valence-corrected chi connectivity index (χ1v) is 7.88. The van der Waals surface area contributed by atoms with Crippen LogP contribution >= 0.6 is 0 Å². The molecular formula is C16H30N4. The van der Waals surface area contributed by atoms with Crippen LogP contribution in [0.3, 0.4) is 0 Å². The highest BCUT2D eigenvalue weighted by atomic mass is 15.3. The van der Waals surface area contributed by atoms with E-state index in [4.69, 9.17) is 0 Å². The fraction of sp³-hybridized carbons (Fsp3) is 0.812. The van der Waals surface area contributed by atoms with E-state index in [0.717, 1.165) is 26.1 Å². The molecule has 1 aliphatic heterocycles. The van der Waals surface area contributed by atoms with Gasteiger partial charge in [-0.2, -0.15) is 5.10 Å². The van der Waals surface area contributed by atoms with Gasteiger partial charge in [-0.1, -0.05) is 13.8 Å². The predicted molar refractivity (Wildman–Crippen MR) is 83.9 cm³/mol. The average molecular weight is 278 g/mol. The van der Waals surface area contributed by atoms with Gasteiger partial charge in [0.2, 0.25) is 0 Å². The molecule has 0 spiro atoms. The Bertz CT molecular complexity index is 431. The van der Waals surface area contributed by atoms with Crippen molar-refractivity contribution < 1.29 is 0 Å². The van der Waals surface area contributed by atoms with Crippen LogP contribution in [-0.2, 0) is 13.5 Å². The van der Waals surface area contributed by atoms with E-state index in [9.17, 15) is 0 Å². The van der Waals surface area contributed by atoms with Crippen LogP contribution in [0.1, 0.15) is 46.1 Å². The van der Waals surface area contributed by atoms with Crippen molar-refractivity contribution in [2.45, 2.75) is 58.0 Å². The molecule has 0 radical (unpaired) electrons. The molecule has 0 bridgehead atoms. The van der Waals surface area contributed by atoms with E-state index in [1.165, 1.54) is 18.4 Å². The van der Waals surface area contributed by atoms with Crippen molar-refractivity contribution >= 4 is 0 Å². The zero-order valence-corrected chi connectivity index (χ0v) is 13.7. The molecule has 4 heteroatoms. The lowest BCUT2D eigenvalue weighted by atomic mass is 9.85. The Morgan fingerprint density at radius 3 is 2.55 bits per heavy atom. The molecule has 1 aliphatic rings. The third-order valence-electron chi connectivity index (χ3n) is 5.03. The van der Waals surface area contributed by atoms with Crippen molar-refractivity contribution in [2.75, 3.05) is 19.6 Å². The molecule has 2 heterocycles. The number of hydrogen-bond donors (Lipinski definition) is 1. The molecular weight excluding hydrogens is 248 g/mol. The maximum absolute atomic E-state index is 4.26. The number of piperazine rings is 1. The molecule has 1 fully saturated rings. The average Bonchev–Trinajstić information content (AvgIpc) is 2.84. The second-order valence-corrected chi connectivity index (χ2v) is 6.85. The van der Waals surface area contributed by atoms with E-state index < -0.39 is 0 Å². The van der Waals surface area contributed by atoms with Crippen LogP contribution in [0.5, 0.6) is 0 Å². The highest BCUT2D eigenvalue weighted by Gasteiger charge is 2.40. The monoisotopic (exact) mass is 278 g/mol. The summed E-state index contributed by atoms with van der Waals surface area (Å²) >= 11 is 0. The van der Waals surface area contributed by atoms with Gasteiger partial charge in [0, 0.05) is 44.0 Å². The molecule has 4 nitrogen and oxygen atoms in total. The molecule has 1 saturated heterocycles. The first-order chi connectivity index (χ1) is 9.41. The lowest BCUT2D eigenvalue weighted by molar-refractivity contribution is 0.0236. The summed E-state index contributed by atoms with van der Waals surface area (Å²) in [5.74, 6) is 0. The van der Waals surface area contributed by atoms with E-state index in [1.54, 1.807) is 0 Å². The number of rotatable bonds is 5. The zero-order chi connectivity index (χ0) is 14.8. The minimum Gasteiger partial charge on any atom is -0.308 e. The van der Waals surface area contributed by atoms with Crippen molar-refractivity contribution in [2.24, 2.45) is 7.05 Å². The van der Waals surface area contributed by atoms with Gasteiger partial charge in [0.25, 0.3) is 0 Å². The van der Waals surface area contributed by atoms with E-state index >= 15 is 0 Å². The minimum atomic E-state index is 0.232. The van der Waals surface area contributed by atoms with Crippen LogP contribution < -0.4 is 5.32 Å². The molecule has 1 aromatic heterocycles. The third kappa shape index (κ3) is 3.23. The molecule has 20 heavy (non-hydrogen) atoms. The summed E-state index contributed by atoms with van der Waals surface area (Å²) in [6.45, 7) is 12.6. The maximum Gasteiger partial charge on any atom is 0.0522 e. The van der Waals surface area contributed by atoms with Crippen LogP contribution in [0, 0.1) is 0 Å². The van der Waals surface area contributed by atoms with Crippen LogP contribution in [-0.4, -0.2) is 45.4 Å². The Labute approximate surface area is 123 Å². The largest absolute Gasteiger partial charge is 0.308 e. The molecule has 1 aromatic rings. The summed E-state index contributed by atoms with van der Waals surface area (Å²) in [6, 6.07) is 0. The second kappa shape index (κ2) is 5.86. The van der Waals surface area contributed by atoms with Crippen LogP contribution in [0.2, 0.25) is 0 Å². The highest BCUT2D eigenvalue weighted by molar-refractivity contribution is 5.06. The summed E-state index contributed by atoms with van der Waals surface area (Å²) in [4.78, 5) is 2.66. The van der Waals surface area contributed by atoms with Crippen LogP contribution in [0.4, 0.5) is 0 Å². The fourth-order valence-corrected chi connectivity index (χ4v) is 3.12. The SMILES string of the molecule is CCC1(CC)CN(CCc2cnn(C)c2)C(C)(C)CN1. The van der Waals surface area contributed by atoms with Gasteiger partial charge < -0.3 is 5.32 Å². The van der Waals surface area contributed by atoms with Gasteiger partial charge >= 0.3 is 0 Å². The summed E-state index contributed by atoms with van der Waals surface area (Å²) in [6.07, 6.45) is 7.59. The summed E-state index contributed by atoms with van der Waals surface area (Å²) in [5, 5.41) is 8.06. The molecule has 114 valence electrons. The van der Waals surface area contributed by atoms with E-state index in [2.05, 4.69) is 49.2 Å². The molecule has 0 aliphatic carbocycles. The van der Waals surface area contributed by atoms with Gasteiger partial charge in [-0.15, -0.1) is 0 Å². The van der Waals surface area contributed by atoms with Crippen molar-refractivity contribution in [3.8, 4) is 0 Å². The minimum absolute atomic E-state index is 0.232. The van der Waals surface area contributed by atoms with Gasteiger partial charge in [-0.3, -0.25) is 9.58 Å². The van der Waals surface area contributed by atoms with Crippen molar-refractivity contribution in [3.63, 3.8) is 0 Å².